The van der Waals surface area contributed by atoms with E-state index in [9.17, 15) is 0 Å². The maximum absolute atomic E-state index is 2.70. The monoisotopic (exact) mass is 182 g/mol. The molecular formula is C11H22N2. The summed E-state index contributed by atoms with van der Waals surface area (Å²) in [6.07, 6.45) is 1.37. The first-order valence-electron chi connectivity index (χ1n) is 5.46. The molecule has 0 aromatic rings. The molecule has 0 radical (unpaired) electrons. The molecule has 2 saturated heterocycles. The Kier molecular flexibility index (Phi) is 2.16. The molecule has 0 spiro atoms. The molecule has 0 bridgehead atoms. The van der Waals surface area contributed by atoms with Crippen LogP contribution in [0.2, 0.25) is 0 Å². The van der Waals surface area contributed by atoms with Crippen molar-refractivity contribution in [3.05, 3.63) is 0 Å². The predicted octanol–water partition coefficient (Wildman–Crippen LogP) is 1.42. The van der Waals surface area contributed by atoms with Gasteiger partial charge in [0.2, 0.25) is 0 Å². The Hall–Kier alpha value is -0.0800. The zero-order chi connectivity index (χ0) is 9.64. The van der Waals surface area contributed by atoms with Gasteiger partial charge < -0.3 is 4.90 Å². The molecule has 76 valence electrons. The van der Waals surface area contributed by atoms with Gasteiger partial charge in [-0.25, -0.2) is 0 Å². The molecule has 2 aliphatic heterocycles. The summed E-state index contributed by atoms with van der Waals surface area (Å²) in [5.74, 6) is 0.851. The van der Waals surface area contributed by atoms with E-state index in [-0.39, 0.29) is 0 Å². The van der Waals surface area contributed by atoms with Gasteiger partial charge in [-0.05, 0) is 33.2 Å². The van der Waals surface area contributed by atoms with Crippen LogP contribution in [0, 0.1) is 5.92 Å². The summed E-state index contributed by atoms with van der Waals surface area (Å²) in [4.78, 5) is 5.16. The Labute approximate surface area is 81.9 Å². The maximum Gasteiger partial charge on any atom is 0.0266 e. The molecule has 0 aromatic carbocycles. The Morgan fingerprint density at radius 2 is 1.92 bits per heavy atom. The summed E-state index contributed by atoms with van der Waals surface area (Å²) >= 11 is 0. The molecule has 2 heteroatoms. The van der Waals surface area contributed by atoms with Gasteiger partial charge in [-0.2, -0.15) is 0 Å². The number of hydrogen-bond acceptors (Lipinski definition) is 2. The second-order valence-corrected chi connectivity index (χ2v) is 5.52. The fraction of sp³-hybridized carbons (Fsp3) is 1.00. The molecule has 0 amide bonds. The number of rotatable bonds is 1. The van der Waals surface area contributed by atoms with Gasteiger partial charge in [0.25, 0.3) is 0 Å². The predicted molar refractivity (Wildman–Crippen MR) is 55.9 cm³/mol. The van der Waals surface area contributed by atoms with Crippen molar-refractivity contribution >= 4 is 0 Å². The van der Waals surface area contributed by atoms with Crippen LogP contribution in [-0.2, 0) is 0 Å². The highest BCUT2D eigenvalue weighted by atomic mass is 15.3. The van der Waals surface area contributed by atoms with Crippen LogP contribution in [0.3, 0.4) is 0 Å². The van der Waals surface area contributed by atoms with Gasteiger partial charge in [-0.15, -0.1) is 0 Å². The van der Waals surface area contributed by atoms with Crippen LogP contribution in [0.25, 0.3) is 0 Å². The van der Waals surface area contributed by atoms with Gasteiger partial charge in [0.05, 0.1) is 0 Å². The van der Waals surface area contributed by atoms with Gasteiger partial charge in [0, 0.05) is 31.2 Å². The van der Waals surface area contributed by atoms with Crippen molar-refractivity contribution in [3.63, 3.8) is 0 Å². The number of likely N-dealkylation sites (tertiary alicyclic amines) is 2. The molecule has 2 atom stereocenters. The Balaban J connectivity index is 2.01. The molecule has 2 fully saturated rings. The average Bonchev–Trinajstić information content (AvgIpc) is 2.29. The molecule has 13 heavy (non-hydrogen) atoms. The lowest BCUT2D eigenvalue weighted by atomic mass is 9.85. The first-order valence-corrected chi connectivity index (χ1v) is 5.46. The zero-order valence-corrected chi connectivity index (χ0v) is 9.38. The lowest BCUT2D eigenvalue weighted by Crippen LogP contribution is -2.61. The van der Waals surface area contributed by atoms with Gasteiger partial charge in [0.15, 0.2) is 0 Å². The first-order chi connectivity index (χ1) is 6.00. The second-order valence-electron chi connectivity index (χ2n) is 5.52. The zero-order valence-electron chi connectivity index (χ0n) is 9.38. The van der Waals surface area contributed by atoms with Crippen LogP contribution in [0.5, 0.6) is 0 Å². The van der Waals surface area contributed by atoms with Crippen LogP contribution in [0.1, 0.15) is 27.2 Å². The third-order valence-electron chi connectivity index (χ3n) is 3.90. The fourth-order valence-corrected chi connectivity index (χ4v) is 2.90. The summed E-state index contributed by atoms with van der Waals surface area (Å²) in [6.45, 7) is 11.0. The van der Waals surface area contributed by atoms with Gasteiger partial charge in [-0.3, -0.25) is 4.90 Å². The molecule has 2 aliphatic rings. The van der Waals surface area contributed by atoms with E-state index in [1.165, 1.54) is 26.1 Å². The smallest absolute Gasteiger partial charge is 0.0266 e. The van der Waals surface area contributed by atoms with Crippen molar-refractivity contribution in [2.45, 2.75) is 38.8 Å². The molecule has 0 aliphatic carbocycles. The Morgan fingerprint density at radius 3 is 2.23 bits per heavy atom. The number of hydrogen-bond donors (Lipinski definition) is 0. The number of likely N-dealkylation sites (N-methyl/N-ethyl adjacent to an activating group) is 1. The quantitative estimate of drug-likeness (QED) is 0.605. The van der Waals surface area contributed by atoms with Crippen LogP contribution in [-0.4, -0.2) is 48.1 Å². The topological polar surface area (TPSA) is 6.48 Å². The fourth-order valence-electron chi connectivity index (χ4n) is 2.90. The van der Waals surface area contributed by atoms with Crippen molar-refractivity contribution in [1.29, 1.82) is 0 Å². The van der Waals surface area contributed by atoms with E-state index in [2.05, 4.69) is 37.6 Å². The maximum atomic E-state index is 2.70. The van der Waals surface area contributed by atoms with E-state index < -0.39 is 0 Å². The van der Waals surface area contributed by atoms with Crippen LogP contribution >= 0.6 is 0 Å². The Bertz CT molecular complexity index is 200. The molecule has 0 N–H and O–H groups in total. The standard InChI is InChI=1S/C11H22N2/c1-9-7-12(4)8-10(9)13-6-5-11(13,2)3/h9-10H,5-8H2,1-4H3. The summed E-state index contributed by atoms with van der Waals surface area (Å²) in [5.41, 5.74) is 0.476. The van der Waals surface area contributed by atoms with Gasteiger partial charge in [0.1, 0.15) is 0 Å². The van der Waals surface area contributed by atoms with Crippen LogP contribution < -0.4 is 0 Å². The van der Waals surface area contributed by atoms with E-state index in [0.29, 0.717) is 5.54 Å². The van der Waals surface area contributed by atoms with Crippen molar-refractivity contribution in [3.8, 4) is 0 Å². The lowest BCUT2D eigenvalue weighted by molar-refractivity contribution is -0.0314. The van der Waals surface area contributed by atoms with Crippen molar-refractivity contribution in [1.82, 2.24) is 9.80 Å². The van der Waals surface area contributed by atoms with E-state index in [4.69, 9.17) is 0 Å². The van der Waals surface area contributed by atoms with E-state index >= 15 is 0 Å². The molecule has 2 unspecified atom stereocenters. The first kappa shape index (κ1) is 9.47. The summed E-state index contributed by atoms with van der Waals surface area (Å²) in [6, 6.07) is 0.814. The molecule has 2 rings (SSSR count). The summed E-state index contributed by atoms with van der Waals surface area (Å²) in [5, 5.41) is 0. The minimum absolute atomic E-state index is 0.476. The third kappa shape index (κ3) is 1.50. The van der Waals surface area contributed by atoms with E-state index in [1.807, 2.05) is 0 Å². The summed E-state index contributed by atoms with van der Waals surface area (Å²) < 4.78 is 0. The van der Waals surface area contributed by atoms with Crippen molar-refractivity contribution in [2.24, 2.45) is 5.92 Å². The minimum Gasteiger partial charge on any atom is -0.304 e. The highest BCUT2D eigenvalue weighted by Gasteiger charge is 2.44. The third-order valence-corrected chi connectivity index (χ3v) is 3.90. The van der Waals surface area contributed by atoms with Crippen molar-refractivity contribution in [2.75, 3.05) is 26.7 Å². The summed E-state index contributed by atoms with van der Waals surface area (Å²) in [7, 11) is 2.24. The van der Waals surface area contributed by atoms with E-state index in [0.717, 1.165) is 12.0 Å². The largest absolute Gasteiger partial charge is 0.304 e. The molecule has 0 aromatic heterocycles. The molecular weight excluding hydrogens is 160 g/mol. The average molecular weight is 182 g/mol. The molecule has 2 heterocycles. The minimum atomic E-state index is 0.476. The van der Waals surface area contributed by atoms with Crippen LogP contribution in [0.15, 0.2) is 0 Å². The van der Waals surface area contributed by atoms with Crippen molar-refractivity contribution < 1.29 is 0 Å². The highest BCUT2D eigenvalue weighted by molar-refractivity contribution is 5.00. The van der Waals surface area contributed by atoms with E-state index in [1.54, 1.807) is 0 Å². The SMILES string of the molecule is CC1CN(C)CC1N1CCC1(C)C. The highest BCUT2D eigenvalue weighted by Crippen LogP contribution is 2.36. The Morgan fingerprint density at radius 1 is 1.23 bits per heavy atom. The molecule has 2 nitrogen and oxygen atoms in total. The van der Waals surface area contributed by atoms with Gasteiger partial charge >= 0.3 is 0 Å². The number of nitrogens with zero attached hydrogens (tertiary/aromatic N) is 2. The second kappa shape index (κ2) is 2.96. The normalized spacial score (nSPS) is 40.6. The molecule has 0 saturated carbocycles. The van der Waals surface area contributed by atoms with Gasteiger partial charge in [-0.1, -0.05) is 6.92 Å². The van der Waals surface area contributed by atoms with Crippen LogP contribution in [0.4, 0.5) is 0 Å². The lowest BCUT2D eigenvalue weighted by Gasteiger charge is -2.53.